The van der Waals surface area contributed by atoms with E-state index in [0.717, 1.165) is 0 Å². The zero-order chi connectivity index (χ0) is 20.5. The van der Waals surface area contributed by atoms with Gasteiger partial charge in [0.05, 0.1) is 18.6 Å². The Morgan fingerprint density at radius 3 is 2.25 bits per heavy atom. The fourth-order valence-electron chi connectivity index (χ4n) is 2.62. The van der Waals surface area contributed by atoms with Crippen LogP contribution in [-0.4, -0.2) is 37.5 Å². The average Bonchev–Trinajstić information content (AvgIpc) is 2.67. The van der Waals surface area contributed by atoms with Crippen molar-refractivity contribution < 1.29 is 23.5 Å². The van der Waals surface area contributed by atoms with Gasteiger partial charge in [0.15, 0.2) is 0 Å². The van der Waals surface area contributed by atoms with Gasteiger partial charge in [-0.2, -0.15) is 0 Å². The maximum atomic E-state index is 12.9. The number of halogens is 1. The standard InChI is InChI=1S/C21H23FN2O4/c1-3-28-21(27)17-6-10-19(11-7-17)24(15(2)25)13-12-23-20(26)14-16-4-8-18(22)9-5-16/h4-11H,3,12-14H2,1-2H3,(H,23,26). The summed E-state index contributed by atoms with van der Waals surface area (Å²) < 4.78 is 17.8. The molecule has 0 bridgehead atoms. The van der Waals surface area contributed by atoms with Crippen LogP contribution in [0, 0.1) is 5.82 Å². The maximum Gasteiger partial charge on any atom is 0.338 e. The van der Waals surface area contributed by atoms with Crippen molar-refractivity contribution in [1.29, 1.82) is 0 Å². The highest BCUT2D eigenvalue weighted by Gasteiger charge is 2.13. The molecule has 6 nitrogen and oxygen atoms in total. The van der Waals surface area contributed by atoms with Crippen LogP contribution in [0.15, 0.2) is 48.5 Å². The van der Waals surface area contributed by atoms with Crippen molar-refractivity contribution in [3.8, 4) is 0 Å². The second kappa shape index (κ2) is 10.2. The number of carbonyl (C=O) groups is 3. The van der Waals surface area contributed by atoms with E-state index in [1.165, 1.54) is 24.0 Å². The van der Waals surface area contributed by atoms with Gasteiger partial charge in [0, 0.05) is 25.7 Å². The number of hydrogen-bond acceptors (Lipinski definition) is 4. The molecule has 0 aliphatic rings. The van der Waals surface area contributed by atoms with E-state index < -0.39 is 5.97 Å². The van der Waals surface area contributed by atoms with E-state index >= 15 is 0 Å². The molecule has 0 saturated heterocycles. The molecule has 0 fully saturated rings. The summed E-state index contributed by atoms with van der Waals surface area (Å²) >= 11 is 0. The van der Waals surface area contributed by atoms with Crippen LogP contribution in [-0.2, 0) is 20.7 Å². The molecule has 28 heavy (non-hydrogen) atoms. The Morgan fingerprint density at radius 1 is 1.04 bits per heavy atom. The van der Waals surface area contributed by atoms with Crippen LogP contribution >= 0.6 is 0 Å². The Balaban J connectivity index is 1.90. The summed E-state index contributed by atoms with van der Waals surface area (Å²) in [6.07, 6.45) is 0.134. The van der Waals surface area contributed by atoms with Crippen molar-refractivity contribution in [2.45, 2.75) is 20.3 Å². The second-order valence-electron chi connectivity index (χ2n) is 6.09. The quantitative estimate of drug-likeness (QED) is 0.708. The molecule has 2 rings (SSSR count). The Labute approximate surface area is 163 Å². The summed E-state index contributed by atoms with van der Waals surface area (Å²) in [6, 6.07) is 12.2. The van der Waals surface area contributed by atoms with Gasteiger partial charge in [-0.3, -0.25) is 9.59 Å². The van der Waals surface area contributed by atoms with E-state index in [2.05, 4.69) is 5.32 Å². The molecule has 1 N–H and O–H groups in total. The molecule has 0 aliphatic carbocycles. The van der Waals surface area contributed by atoms with Crippen molar-refractivity contribution in [3.63, 3.8) is 0 Å². The predicted octanol–water partition coefficient (Wildman–Crippen LogP) is 2.71. The van der Waals surface area contributed by atoms with Gasteiger partial charge in [-0.05, 0) is 48.9 Å². The smallest absolute Gasteiger partial charge is 0.338 e. The molecule has 0 radical (unpaired) electrons. The summed E-state index contributed by atoms with van der Waals surface area (Å²) in [6.45, 7) is 3.99. The number of esters is 1. The number of nitrogens with zero attached hydrogens (tertiary/aromatic N) is 1. The number of nitrogens with one attached hydrogen (secondary N) is 1. The van der Waals surface area contributed by atoms with Crippen molar-refractivity contribution in [2.24, 2.45) is 0 Å². The highest BCUT2D eigenvalue weighted by atomic mass is 19.1. The third-order valence-corrected chi connectivity index (χ3v) is 4.01. The van der Waals surface area contributed by atoms with Crippen LogP contribution in [0.25, 0.3) is 0 Å². The molecule has 2 aromatic rings. The second-order valence-corrected chi connectivity index (χ2v) is 6.09. The topological polar surface area (TPSA) is 75.7 Å². The van der Waals surface area contributed by atoms with Crippen molar-refractivity contribution in [2.75, 3.05) is 24.6 Å². The van der Waals surface area contributed by atoms with Gasteiger partial charge in [0.2, 0.25) is 11.8 Å². The largest absolute Gasteiger partial charge is 0.462 e. The normalized spacial score (nSPS) is 10.2. The molecule has 0 spiro atoms. The van der Waals surface area contributed by atoms with E-state index in [1.807, 2.05) is 0 Å². The monoisotopic (exact) mass is 386 g/mol. The first-order chi connectivity index (χ1) is 13.4. The third kappa shape index (κ3) is 6.19. The Bertz CT molecular complexity index is 819. The first-order valence-corrected chi connectivity index (χ1v) is 8.97. The van der Waals surface area contributed by atoms with E-state index in [9.17, 15) is 18.8 Å². The number of ether oxygens (including phenoxy) is 1. The lowest BCUT2D eigenvalue weighted by atomic mass is 10.1. The molecule has 0 unspecified atom stereocenters. The predicted molar refractivity (Wildman–Crippen MR) is 104 cm³/mol. The molecule has 0 aliphatic heterocycles. The van der Waals surface area contributed by atoms with Gasteiger partial charge in [-0.1, -0.05) is 12.1 Å². The average molecular weight is 386 g/mol. The molecule has 148 valence electrons. The van der Waals surface area contributed by atoms with Crippen LogP contribution < -0.4 is 10.2 Å². The Hall–Kier alpha value is -3.22. The molecule has 0 aromatic heterocycles. The lowest BCUT2D eigenvalue weighted by molar-refractivity contribution is -0.121. The lowest BCUT2D eigenvalue weighted by Gasteiger charge is -2.21. The minimum absolute atomic E-state index is 0.134. The third-order valence-electron chi connectivity index (χ3n) is 4.01. The van der Waals surface area contributed by atoms with Crippen LogP contribution in [0.3, 0.4) is 0 Å². The Kier molecular flexibility index (Phi) is 7.68. The van der Waals surface area contributed by atoms with Crippen molar-refractivity contribution in [1.82, 2.24) is 5.32 Å². The summed E-state index contributed by atoms with van der Waals surface area (Å²) in [5.41, 5.74) is 1.73. The molecule has 7 heteroatoms. The zero-order valence-corrected chi connectivity index (χ0v) is 15.9. The minimum atomic E-state index is -0.420. The zero-order valence-electron chi connectivity index (χ0n) is 15.9. The molecule has 2 aromatic carbocycles. The fraction of sp³-hybridized carbons (Fsp3) is 0.286. The van der Waals surface area contributed by atoms with Crippen LogP contribution in [0.2, 0.25) is 0 Å². The first-order valence-electron chi connectivity index (χ1n) is 8.97. The van der Waals surface area contributed by atoms with Crippen LogP contribution in [0.1, 0.15) is 29.8 Å². The number of carbonyl (C=O) groups excluding carboxylic acids is 3. The maximum absolute atomic E-state index is 12.9. The summed E-state index contributed by atoms with van der Waals surface area (Å²) in [4.78, 5) is 37.2. The first kappa shape index (κ1) is 21.1. The van der Waals surface area contributed by atoms with Crippen LogP contribution in [0.5, 0.6) is 0 Å². The molecular formula is C21H23FN2O4. The van der Waals surface area contributed by atoms with E-state index in [0.29, 0.717) is 16.8 Å². The van der Waals surface area contributed by atoms with Gasteiger partial charge < -0.3 is 15.0 Å². The van der Waals surface area contributed by atoms with E-state index in [-0.39, 0.29) is 43.7 Å². The van der Waals surface area contributed by atoms with Crippen molar-refractivity contribution in [3.05, 3.63) is 65.5 Å². The summed E-state index contributed by atoms with van der Waals surface area (Å²) in [7, 11) is 0. The summed E-state index contributed by atoms with van der Waals surface area (Å²) in [5, 5.41) is 2.75. The van der Waals surface area contributed by atoms with Gasteiger partial charge in [0.25, 0.3) is 0 Å². The fourth-order valence-corrected chi connectivity index (χ4v) is 2.62. The number of anilines is 1. The molecular weight excluding hydrogens is 363 g/mol. The Morgan fingerprint density at radius 2 is 1.68 bits per heavy atom. The summed E-state index contributed by atoms with van der Waals surface area (Å²) in [5.74, 6) is -1.17. The van der Waals surface area contributed by atoms with Crippen LogP contribution in [0.4, 0.5) is 10.1 Å². The number of rotatable bonds is 8. The molecule has 2 amide bonds. The number of benzene rings is 2. The van der Waals surface area contributed by atoms with Gasteiger partial charge >= 0.3 is 5.97 Å². The van der Waals surface area contributed by atoms with Gasteiger partial charge in [0.1, 0.15) is 5.82 Å². The molecule has 0 heterocycles. The number of hydrogen-bond donors (Lipinski definition) is 1. The van der Waals surface area contributed by atoms with E-state index in [1.54, 1.807) is 43.3 Å². The SMILES string of the molecule is CCOC(=O)c1ccc(N(CCNC(=O)Cc2ccc(F)cc2)C(C)=O)cc1. The highest BCUT2D eigenvalue weighted by molar-refractivity contribution is 5.93. The molecule has 0 atom stereocenters. The highest BCUT2D eigenvalue weighted by Crippen LogP contribution is 2.16. The van der Waals surface area contributed by atoms with Gasteiger partial charge in [-0.15, -0.1) is 0 Å². The van der Waals surface area contributed by atoms with E-state index in [4.69, 9.17) is 4.74 Å². The van der Waals surface area contributed by atoms with Gasteiger partial charge in [-0.25, -0.2) is 9.18 Å². The van der Waals surface area contributed by atoms with Crippen molar-refractivity contribution >= 4 is 23.5 Å². The lowest BCUT2D eigenvalue weighted by Crippen LogP contribution is -2.38. The number of amides is 2. The minimum Gasteiger partial charge on any atom is -0.462 e. The molecule has 0 saturated carbocycles.